The van der Waals surface area contributed by atoms with Gasteiger partial charge in [-0.3, -0.25) is 4.79 Å². The third-order valence-corrected chi connectivity index (χ3v) is 5.70. The van der Waals surface area contributed by atoms with Crippen molar-refractivity contribution in [2.24, 2.45) is 5.92 Å². The fourth-order valence-corrected chi connectivity index (χ4v) is 4.13. The molecule has 0 radical (unpaired) electrons. The lowest BCUT2D eigenvalue weighted by Gasteiger charge is -2.28. The highest BCUT2D eigenvalue weighted by Crippen LogP contribution is 2.32. The maximum atomic E-state index is 14.7. The second kappa shape index (κ2) is 9.72. The Morgan fingerprint density at radius 1 is 1.12 bits per heavy atom. The van der Waals surface area contributed by atoms with E-state index in [0.717, 1.165) is 30.4 Å². The molecule has 166 valence electrons. The number of nitrogens with one attached hydrogen (secondary N) is 1. The van der Waals surface area contributed by atoms with Crippen LogP contribution < -0.4 is 10.1 Å². The minimum atomic E-state index is -0.512. The van der Waals surface area contributed by atoms with E-state index in [9.17, 15) is 9.18 Å². The van der Waals surface area contributed by atoms with Crippen molar-refractivity contribution in [2.45, 2.75) is 31.7 Å². The van der Waals surface area contributed by atoms with E-state index in [1.54, 1.807) is 19.4 Å². The number of rotatable bonds is 6. The molecule has 0 unspecified atom stereocenters. The predicted octanol–water partition coefficient (Wildman–Crippen LogP) is 4.50. The van der Waals surface area contributed by atoms with Crippen LogP contribution in [-0.2, 0) is 9.53 Å². The molecule has 0 saturated heterocycles. The van der Waals surface area contributed by atoms with Gasteiger partial charge in [0.2, 0.25) is 11.8 Å². The molecule has 2 heterocycles. The number of methoxy groups -OCH3 is 2. The van der Waals surface area contributed by atoms with Gasteiger partial charge in [0, 0.05) is 23.4 Å². The maximum absolute atomic E-state index is 14.7. The largest absolute Gasteiger partial charge is 0.481 e. The number of ether oxygens (including phenoxy) is 2. The highest BCUT2D eigenvalue weighted by molar-refractivity contribution is 5.74. The fraction of sp³-hybridized carbons (Fsp3) is 0.333. The van der Waals surface area contributed by atoms with Crippen molar-refractivity contribution in [3.63, 3.8) is 0 Å². The lowest BCUT2D eigenvalue weighted by atomic mass is 9.86. The molecule has 7 nitrogen and oxygen atoms in total. The molecule has 8 heteroatoms. The summed E-state index contributed by atoms with van der Waals surface area (Å²) in [5.41, 5.74) is 2.47. The first kappa shape index (κ1) is 21.7. The monoisotopic (exact) mass is 436 g/mol. The van der Waals surface area contributed by atoms with Gasteiger partial charge in [-0.25, -0.2) is 19.3 Å². The van der Waals surface area contributed by atoms with Gasteiger partial charge < -0.3 is 14.8 Å². The number of benzene rings is 1. The van der Waals surface area contributed by atoms with E-state index in [2.05, 4.69) is 20.3 Å². The SMILES string of the molecule is COC(=O)[C@H]1CCC[C@@H](Nc2ncc(F)c(-c3cccc(-c4cccnc4OC)c3)n2)C1. The molecule has 0 amide bonds. The van der Waals surface area contributed by atoms with Gasteiger partial charge in [-0.15, -0.1) is 0 Å². The molecule has 32 heavy (non-hydrogen) atoms. The number of carbonyl (C=O) groups is 1. The van der Waals surface area contributed by atoms with Crippen LogP contribution in [0.5, 0.6) is 5.88 Å². The Bertz CT molecular complexity index is 1110. The van der Waals surface area contributed by atoms with Gasteiger partial charge in [-0.1, -0.05) is 24.6 Å². The van der Waals surface area contributed by atoms with Gasteiger partial charge in [0.1, 0.15) is 5.69 Å². The minimum absolute atomic E-state index is 0.0251. The Morgan fingerprint density at radius 3 is 2.78 bits per heavy atom. The topological polar surface area (TPSA) is 86.2 Å². The first-order chi connectivity index (χ1) is 15.6. The van der Waals surface area contributed by atoms with Gasteiger partial charge in [0.05, 0.1) is 26.3 Å². The molecule has 1 saturated carbocycles. The van der Waals surface area contributed by atoms with Gasteiger partial charge in [0.15, 0.2) is 5.82 Å². The fourth-order valence-electron chi connectivity index (χ4n) is 4.13. The Morgan fingerprint density at radius 2 is 1.97 bits per heavy atom. The number of hydrogen-bond donors (Lipinski definition) is 1. The summed E-state index contributed by atoms with van der Waals surface area (Å²) in [4.78, 5) is 24.7. The molecule has 1 fully saturated rings. The van der Waals surface area contributed by atoms with E-state index in [0.29, 0.717) is 23.8 Å². The molecular formula is C24H25FN4O3. The smallest absolute Gasteiger partial charge is 0.308 e. The molecular weight excluding hydrogens is 411 g/mol. The number of pyridine rings is 1. The average Bonchev–Trinajstić information content (AvgIpc) is 2.85. The predicted molar refractivity (Wildman–Crippen MR) is 119 cm³/mol. The van der Waals surface area contributed by atoms with Crippen molar-refractivity contribution in [1.29, 1.82) is 0 Å². The number of hydrogen-bond acceptors (Lipinski definition) is 7. The van der Waals surface area contributed by atoms with Crippen LogP contribution in [0.1, 0.15) is 25.7 Å². The molecule has 1 aliphatic rings. The summed E-state index contributed by atoms with van der Waals surface area (Å²) in [7, 11) is 2.97. The molecule has 0 aliphatic heterocycles. The van der Waals surface area contributed by atoms with Crippen LogP contribution in [0.3, 0.4) is 0 Å². The zero-order valence-corrected chi connectivity index (χ0v) is 18.0. The Kier molecular flexibility index (Phi) is 6.58. The number of anilines is 1. The van der Waals surface area contributed by atoms with Gasteiger partial charge in [-0.05, 0) is 43.0 Å². The van der Waals surface area contributed by atoms with Crippen molar-refractivity contribution in [3.8, 4) is 28.3 Å². The van der Waals surface area contributed by atoms with Crippen molar-refractivity contribution < 1.29 is 18.7 Å². The van der Waals surface area contributed by atoms with Crippen molar-refractivity contribution in [1.82, 2.24) is 15.0 Å². The van der Waals surface area contributed by atoms with E-state index < -0.39 is 5.82 Å². The zero-order chi connectivity index (χ0) is 22.5. The van der Waals surface area contributed by atoms with E-state index in [1.807, 2.05) is 30.3 Å². The normalized spacial score (nSPS) is 18.1. The number of carbonyl (C=O) groups excluding carboxylic acids is 1. The highest BCUT2D eigenvalue weighted by atomic mass is 19.1. The second-order valence-electron chi connectivity index (χ2n) is 7.76. The van der Waals surface area contributed by atoms with E-state index in [1.165, 1.54) is 13.3 Å². The summed E-state index contributed by atoms with van der Waals surface area (Å²) in [5.74, 6) is -0.0204. The standard InChI is InChI=1S/C24H25FN4O3/c1-31-22-19(10-5-11-26-22)15-6-3-7-16(12-15)21-20(25)14-27-24(29-21)28-18-9-4-8-17(13-18)23(30)32-2/h3,5-7,10-12,14,17-18H,4,8-9,13H2,1-2H3,(H,27,28,29)/t17-,18+/m0/s1. The Hall–Kier alpha value is -3.55. The van der Waals surface area contributed by atoms with Crippen LogP contribution in [0.2, 0.25) is 0 Å². The third kappa shape index (κ3) is 4.69. The van der Waals surface area contributed by atoms with E-state index in [-0.39, 0.29) is 23.6 Å². The third-order valence-electron chi connectivity index (χ3n) is 5.70. The van der Waals surface area contributed by atoms with Crippen LogP contribution in [0.15, 0.2) is 48.8 Å². The first-order valence-electron chi connectivity index (χ1n) is 10.6. The summed E-state index contributed by atoms with van der Waals surface area (Å²) >= 11 is 0. The summed E-state index contributed by atoms with van der Waals surface area (Å²) in [6.07, 6.45) is 6.07. The second-order valence-corrected chi connectivity index (χ2v) is 7.76. The zero-order valence-electron chi connectivity index (χ0n) is 18.0. The van der Waals surface area contributed by atoms with E-state index >= 15 is 0 Å². The highest BCUT2D eigenvalue weighted by Gasteiger charge is 2.28. The summed E-state index contributed by atoms with van der Waals surface area (Å²) in [6, 6.07) is 11.2. The maximum Gasteiger partial charge on any atom is 0.308 e. The van der Waals surface area contributed by atoms with Crippen molar-refractivity contribution in [2.75, 3.05) is 19.5 Å². The molecule has 1 aromatic carbocycles. The van der Waals surface area contributed by atoms with Crippen molar-refractivity contribution in [3.05, 3.63) is 54.6 Å². The molecule has 3 aromatic rings. The quantitative estimate of drug-likeness (QED) is 0.570. The molecule has 4 rings (SSSR count). The van der Waals surface area contributed by atoms with Gasteiger partial charge >= 0.3 is 5.97 Å². The van der Waals surface area contributed by atoms with E-state index in [4.69, 9.17) is 9.47 Å². The lowest BCUT2D eigenvalue weighted by Crippen LogP contribution is -2.32. The molecule has 2 aromatic heterocycles. The van der Waals surface area contributed by atoms with Gasteiger partial charge in [0.25, 0.3) is 0 Å². The van der Waals surface area contributed by atoms with Crippen LogP contribution >= 0.6 is 0 Å². The Labute approximate surface area is 186 Å². The molecule has 2 atom stereocenters. The number of esters is 1. The number of aromatic nitrogens is 3. The van der Waals surface area contributed by atoms with Crippen LogP contribution in [0.25, 0.3) is 22.4 Å². The summed E-state index contributed by atoms with van der Waals surface area (Å²) in [5, 5.41) is 3.27. The van der Waals surface area contributed by atoms with Crippen LogP contribution in [0.4, 0.5) is 10.3 Å². The van der Waals surface area contributed by atoms with Gasteiger partial charge in [-0.2, -0.15) is 0 Å². The summed E-state index contributed by atoms with van der Waals surface area (Å²) < 4.78 is 24.9. The Balaban J connectivity index is 1.59. The lowest BCUT2D eigenvalue weighted by molar-refractivity contribution is -0.146. The van der Waals surface area contributed by atoms with Crippen LogP contribution in [0, 0.1) is 11.7 Å². The minimum Gasteiger partial charge on any atom is -0.481 e. The molecule has 1 N–H and O–H groups in total. The van der Waals surface area contributed by atoms with Crippen LogP contribution in [-0.4, -0.2) is 41.2 Å². The number of halogens is 1. The summed E-state index contributed by atoms with van der Waals surface area (Å²) in [6.45, 7) is 0. The van der Waals surface area contributed by atoms with Crippen molar-refractivity contribution >= 4 is 11.9 Å². The first-order valence-corrected chi connectivity index (χ1v) is 10.6. The molecule has 0 bridgehead atoms. The number of nitrogens with zero attached hydrogens (tertiary/aromatic N) is 3. The molecule has 1 aliphatic carbocycles. The molecule has 0 spiro atoms. The average molecular weight is 436 g/mol.